The van der Waals surface area contributed by atoms with Crippen LogP contribution in [0.5, 0.6) is 0 Å². The van der Waals surface area contributed by atoms with Crippen LogP contribution in [0, 0.1) is 5.92 Å². The summed E-state index contributed by atoms with van der Waals surface area (Å²) in [6, 6.07) is 0. The summed E-state index contributed by atoms with van der Waals surface area (Å²) in [6.07, 6.45) is 2.97. The summed E-state index contributed by atoms with van der Waals surface area (Å²) in [5.41, 5.74) is 0. The minimum absolute atomic E-state index is 1.00. The molecule has 0 spiro atoms. The molecule has 0 aromatic rings. The second kappa shape index (κ2) is 4.67. The number of nitrogens with zero attached hydrogens (tertiary/aromatic N) is 2. The molecular weight excluding hydrogens is 180 g/mol. The fourth-order valence-corrected chi connectivity index (χ4v) is 2.29. The lowest BCUT2D eigenvalue weighted by Crippen LogP contribution is -2.47. The molecule has 76 valence electrons. The highest BCUT2D eigenvalue weighted by Gasteiger charge is 2.25. The maximum absolute atomic E-state index is 4.26. The van der Waals surface area contributed by atoms with Gasteiger partial charge < -0.3 is 4.90 Å². The van der Waals surface area contributed by atoms with Gasteiger partial charge in [0.2, 0.25) is 0 Å². The zero-order valence-corrected chi connectivity index (χ0v) is 9.18. The van der Waals surface area contributed by atoms with Crippen LogP contribution in [0.3, 0.4) is 0 Å². The molecule has 0 radical (unpaired) electrons. The van der Waals surface area contributed by atoms with Gasteiger partial charge in [0.15, 0.2) is 0 Å². The molecule has 0 unspecified atom stereocenters. The molecule has 0 bridgehead atoms. The van der Waals surface area contributed by atoms with Crippen LogP contribution in [0.25, 0.3) is 0 Å². The minimum atomic E-state index is 1.00. The first-order chi connectivity index (χ1) is 6.38. The van der Waals surface area contributed by atoms with Gasteiger partial charge in [-0.1, -0.05) is 0 Å². The third-order valence-electron chi connectivity index (χ3n) is 3.09. The second-order valence-corrected chi connectivity index (χ2v) is 4.76. The van der Waals surface area contributed by atoms with Gasteiger partial charge in [-0.05, 0) is 18.8 Å². The van der Waals surface area contributed by atoms with Crippen LogP contribution in [0.2, 0.25) is 0 Å². The normalized spacial score (nSPS) is 26.5. The van der Waals surface area contributed by atoms with Gasteiger partial charge in [-0.2, -0.15) is 12.6 Å². The Morgan fingerprint density at radius 1 is 1.00 bits per heavy atom. The molecule has 0 aromatic carbocycles. The number of rotatable bonds is 4. The van der Waals surface area contributed by atoms with E-state index in [2.05, 4.69) is 22.4 Å². The Morgan fingerprint density at radius 2 is 1.62 bits per heavy atom. The lowest BCUT2D eigenvalue weighted by Gasteiger charge is -2.34. The molecule has 0 amide bonds. The first-order valence-corrected chi connectivity index (χ1v) is 6.07. The summed E-state index contributed by atoms with van der Waals surface area (Å²) in [6.45, 7) is 7.62. The van der Waals surface area contributed by atoms with Crippen molar-refractivity contribution in [3.63, 3.8) is 0 Å². The maximum atomic E-state index is 4.26. The zero-order valence-electron chi connectivity index (χ0n) is 8.28. The van der Waals surface area contributed by atoms with E-state index in [-0.39, 0.29) is 0 Å². The van der Waals surface area contributed by atoms with Gasteiger partial charge in [0, 0.05) is 45.0 Å². The fraction of sp³-hybridized carbons (Fsp3) is 1.00. The number of thiol groups is 1. The van der Waals surface area contributed by atoms with Gasteiger partial charge in [0.05, 0.1) is 0 Å². The van der Waals surface area contributed by atoms with Crippen molar-refractivity contribution in [2.75, 3.05) is 45.0 Å². The first-order valence-electron chi connectivity index (χ1n) is 5.44. The minimum Gasteiger partial charge on any atom is -0.301 e. The van der Waals surface area contributed by atoms with E-state index in [9.17, 15) is 0 Å². The van der Waals surface area contributed by atoms with E-state index in [4.69, 9.17) is 0 Å². The van der Waals surface area contributed by atoms with Crippen LogP contribution >= 0.6 is 12.6 Å². The molecule has 0 aromatic heterocycles. The van der Waals surface area contributed by atoms with Crippen LogP contribution < -0.4 is 0 Å². The summed E-state index contributed by atoms with van der Waals surface area (Å²) < 4.78 is 0. The number of hydrogen-bond acceptors (Lipinski definition) is 3. The highest BCUT2D eigenvalue weighted by Crippen LogP contribution is 2.29. The number of hydrogen-bond donors (Lipinski definition) is 1. The third kappa shape index (κ3) is 3.15. The predicted octanol–water partition coefficient (Wildman–Crippen LogP) is 0.944. The van der Waals surface area contributed by atoms with E-state index in [1.807, 2.05) is 0 Å². The summed E-state index contributed by atoms with van der Waals surface area (Å²) >= 11 is 4.26. The predicted molar refractivity (Wildman–Crippen MR) is 59.5 cm³/mol. The lowest BCUT2D eigenvalue weighted by molar-refractivity contribution is 0.134. The van der Waals surface area contributed by atoms with Crippen LogP contribution in [0.15, 0.2) is 0 Å². The van der Waals surface area contributed by atoms with Crippen LogP contribution in [-0.2, 0) is 0 Å². The van der Waals surface area contributed by atoms with Gasteiger partial charge in [-0.25, -0.2) is 0 Å². The Balaban J connectivity index is 1.63. The second-order valence-electron chi connectivity index (χ2n) is 4.31. The molecule has 1 saturated heterocycles. The Labute approximate surface area is 86.7 Å². The average Bonchev–Trinajstić information content (AvgIpc) is 2.93. The molecule has 1 saturated carbocycles. The molecular formula is C10H20N2S. The standard InChI is InChI=1S/C10H20N2S/c13-8-7-11-3-5-12(6-4-11)9-10-1-2-10/h10,13H,1-9H2. The molecule has 0 atom stereocenters. The Bertz CT molecular complexity index is 151. The van der Waals surface area contributed by atoms with E-state index in [1.165, 1.54) is 52.1 Å². The van der Waals surface area contributed by atoms with Crippen molar-refractivity contribution in [2.45, 2.75) is 12.8 Å². The molecule has 2 aliphatic rings. The fourth-order valence-electron chi connectivity index (χ4n) is 2.00. The van der Waals surface area contributed by atoms with Crippen LogP contribution in [0.1, 0.15) is 12.8 Å². The Kier molecular flexibility index (Phi) is 3.52. The summed E-state index contributed by atoms with van der Waals surface area (Å²) in [4.78, 5) is 5.16. The highest BCUT2D eigenvalue weighted by molar-refractivity contribution is 7.80. The van der Waals surface area contributed by atoms with Crippen molar-refractivity contribution < 1.29 is 0 Å². The SMILES string of the molecule is SCCN1CCN(CC2CC2)CC1. The van der Waals surface area contributed by atoms with Crippen LogP contribution in [-0.4, -0.2) is 54.8 Å². The van der Waals surface area contributed by atoms with E-state index < -0.39 is 0 Å². The maximum Gasteiger partial charge on any atom is 0.0110 e. The van der Waals surface area contributed by atoms with E-state index in [0.29, 0.717) is 0 Å². The molecule has 1 aliphatic heterocycles. The van der Waals surface area contributed by atoms with Gasteiger partial charge >= 0.3 is 0 Å². The van der Waals surface area contributed by atoms with Crippen molar-refractivity contribution >= 4 is 12.6 Å². The van der Waals surface area contributed by atoms with E-state index >= 15 is 0 Å². The van der Waals surface area contributed by atoms with E-state index in [1.54, 1.807) is 0 Å². The lowest BCUT2D eigenvalue weighted by atomic mass is 10.3. The molecule has 0 N–H and O–H groups in total. The molecule has 3 heteroatoms. The van der Waals surface area contributed by atoms with Crippen molar-refractivity contribution in [2.24, 2.45) is 5.92 Å². The van der Waals surface area contributed by atoms with Gasteiger partial charge in [0.1, 0.15) is 0 Å². The van der Waals surface area contributed by atoms with Crippen LogP contribution in [0.4, 0.5) is 0 Å². The van der Waals surface area contributed by atoms with Gasteiger partial charge in [-0.15, -0.1) is 0 Å². The molecule has 1 heterocycles. The van der Waals surface area contributed by atoms with Crippen molar-refractivity contribution in [3.8, 4) is 0 Å². The molecule has 2 fully saturated rings. The highest BCUT2D eigenvalue weighted by atomic mass is 32.1. The zero-order chi connectivity index (χ0) is 9.10. The average molecular weight is 200 g/mol. The molecule has 13 heavy (non-hydrogen) atoms. The van der Waals surface area contributed by atoms with Crippen molar-refractivity contribution in [1.82, 2.24) is 9.80 Å². The van der Waals surface area contributed by atoms with Crippen molar-refractivity contribution in [3.05, 3.63) is 0 Å². The number of piperazine rings is 1. The first kappa shape index (κ1) is 9.81. The molecule has 1 aliphatic carbocycles. The van der Waals surface area contributed by atoms with Gasteiger partial charge in [-0.3, -0.25) is 4.90 Å². The van der Waals surface area contributed by atoms with Crippen molar-refractivity contribution in [1.29, 1.82) is 0 Å². The summed E-state index contributed by atoms with van der Waals surface area (Å²) in [7, 11) is 0. The topological polar surface area (TPSA) is 6.48 Å². The quantitative estimate of drug-likeness (QED) is 0.675. The third-order valence-corrected chi connectivity index (χ3v) is 3.29. The monoisotopic (exact) mass is 200 g/mol. The largest absolute Gasteiger partial charge is 0.301 e. The smallest absolute Gasteiger partial charge is 0.0110 e. The summed E-state index contributed by atoms with van der Waals surface area (Å²) in [5, 5.41) is 0. The van der Waals surface area contributed by atoms with Gasteiger partial charge in [0.25, 0.3) is 0 Å². The molecule has 2 nitrogen and oxygen atoms in total. The molecule has 2 rings (SSSR count). The Hall–Kier alpha value is 0.270. The van der Waals surface area contributed by atoms with E-state index in [0.717, 1.165) is 11.7 Å². The Morgan fingerprint density at radius 3 is 2.15 bits per heavy atom. The summed E-state index contributed by atoms with van der Waals surface area (Å²) in [5.74, 6) is 2.05.